The number of aromatic hydroxyl groups is 1. The van der Waals surface area contributed by atoms with Gasteiger partial charge in [0.2, 0.25) is 24.1 Å². The van der Waals surface area contributed by atoms with Gasteiger partial charge < -0.3 is 64.0 Å². The van der Waals surface area contributed by atoms with Crippen LogP contribution in [0.25, 0.3) is 0 Å². The molecular formula is C43H44Cl2N6O9S2Zn. The summed E-state index contributed by atoms with van der Waals surface area (Å²) in [6.07, 6.45) is 7.96. The molecule has 3 aromatic carbocycles. The number of carbonyl (C=O) groups excluding carboxylic acids is 1. The van der Waals surface area contributed by atoms with Crippen LogP contribution in [0, 0.1) is 0 Å². The molecule has 0 bridgehead atoms. The molecule has 328 valence electrons. The first-order chi connectivity index (χ1) is 29.7. The molecule has 2 aliphatic heterocycles. The summed E-state index contributed by atoms with van der Waals surface area (Å²) in [6, 6.07) is 29.4. The summed E-state index contributed by atoms with van der Waals surface area (Å²) in [6.45, 7) is 5.80. The maximum Gasteiger partial charge on any atom is 0.339 e. The van der Waals surface area contributed by atoms with Gasteiger partial charge in [0, 0.05) is 93.4 Å². The number of aromatic nitrogens is 4. The Morgan fingerprint density at radius 1 is 0.889 bits per heavy atom. The van der Waals surface area contributed by atoms with Crippen LogP contribution in [0.3, 0.4) is 0 Å². The molecule has 0 saturated carbocycles. The van der Waals surface area contributed by atoms with Crippen LogP contribution in [0.5, 0.6) is 11.5 Å². The topological polar surface area (TPSA) is 175 Å². The maximum atomic E-state index is 11.6. The smallest absolute Gasteiger partial charge is 0.339 e. The first-order valence-corrected chi connectivity index (χ1v) is 20.5. The second kappa shape index (κ2) is 24.5. The molecule has 15 nitrogen and oxygen atoms in total. The predicted octanol–water partition coefficient (Wildman–Crippen LogP) is 5.53. The van der Waals surface area contributed by atoms with Gasteiger partial charge in [0.25, 0.3) is 0 Å². The second-order valence-corrected chi connectivity index (χ2v) is 15.2. The van der Waals surface area contributed by atoms with Crippen LogP contribution >= 0.6 is 23.2 Å². The van der Waals surface area contributed by atoms with Crippen molar-refractivity contribution in [3.8, 4) is 11.5 Å². The van der Waals surface area contributed by atoms with Crippen molar-refractivity contribution in [2.45, 2.75) is 35.4 Å². The largest absolute Gasteiger partial charge is 0.705 e. The van der Waals surface area contributed by atoms with Crippen molar-refractivity contribution in [3.05, 3.63) is 155 Å². The number of para-hydroxylation sites is 1. The molecule has 0 spiro atoms. The molecule has 0 radical (unpaired) electrons. The Morgan fingerprint density at radius 3 is 2.00 bits per heavy atom. The van der Waals surface area contributed by atoms with E-state index in [4.69, 9.17) is 58.0 Å². The van der Waals surface area contributed by atoms with E-state index in [2.05, 4.69) is 35.1 Å². The molecule has 6 aromatic rings. The number of carbonyl (C=O) groups is 2. The average Bonchev–Trinajstić information content (AvgIpc) is 3.94. The summed E-state index contributed by atoms with van der Waals surface area (Å²) in [5, 5.41) is 36.6. The van der Waals surface area contributed by atoms with E-state index in [-0.39, 0.29) is 42.8 Å². The third kappa shape index (κ3) is 14.9. The number of hydrogen-bond donors (Lipinski definition) is 4. The van der Waals surface area contributed by atoms with Crippen LogP contribution in [0.15, 0.2) is 144 Å². The van der Waals surface area contributed by atoms with Crippen LogP contribution in [0.4, 0.5) is 5.69 Å². The summed E-state index contributed by atoms with van der Waals surface area (Å²) in [5.41, 5.74) is 1.75. The quantitative estimate of drug-likeness (QED) is 0.0650. The fourth-order valence-corrected chi connectivity index (χ4v) is 6.92. The standard InChI is InChI=1S/C26H28Cl2N4O4.C7H6O3.2C5H5NOS.Zn/c1-19(33)31-10-12-32(13-11-31)21-3-5-22(6-4-21)34-15-23-16-35-26(36-23,17-30-9-8-29-18-30)24-7-2-20(27)14-25(24)28;8-6-4-2-1-3-5(6)7(9)10;2*7-6-4-2-1-3-5(6)8;/h2-9,14,18,23H,10-13,15-17H2,1H3;1-4,8H,(H,9,10);2*1-4,7H;. The Bertz CT molecular complexity index is 2300. The van der Waals surface area contributed by atoms with Gasteiger partial charge >= 0.3 is 5.97 Å². The number of hydrogen-bond acceptors (Lipinski definition) is 12. The zero-order valence-electron chi connectivity index (χ0n) is 34.0. The van der Waals surface area contributed by atoms with Gasteiger partial charge in [0.05, 0.1) is 24.5 Å². The SMILES string of the molecule is CC(=O)N1CCN(c2ccc(OCC3COC(Cn4ccnc4)(c4ccc(Cl)cc4Cl)O3)cc2)CC1.O=C(O)c1ccccc1O.O[n+]1ccccc1[S-].O[n+]1ccccc1[S-].[Zn]. The second-order valence-electron chi connectivity index (χ2n) is 13.6. The minimum atomic E-state index is -1.11. The molecule has 2 fully saturated rings. The molecule has 63 heavy (non-hydrogen) atoms. The normalized spacial score (nSPS) is 16.4. The van der Waals surface area contributed by atoms with Gasteiger partial charge in [-0.25, -0.2) is 9.78 Å². The number of anilines is 1. The Hall–Kier alpha value is -5.33. The van der Waals surface area contributed by atoms with E-state index in [1.807, 2.05) is 46.0 Å². The zero-order chi connectivity index (χ0) is 44.6. The van der Waals surface area contributed by atoms with Gasteiger partial charge in [-0.15, -0.1) is 0 Å². The van der Waals surface area contributed by atoms with Crippen LogP contribution in [0.1, 0.15) is 22.8 Å². The number of piperazine rings is 1. The molecule has 3 aromatic heterocycles. The van der Waals surface area contributed by atoms with Crippen molar-refractivity contribution in [2.75, 3.05) is 44.3 Å². The molecule has 4 N–H and O–H groups in total. The number of rotatable bonds is 8. The van der Waals surface area contributed by atoms with Gasteiger partial charge in [-0.1, -0.05) is 53.5 Å². The van der Waals surface area contributed by atoms with Crippen LogP contribution in [-0.4, -0.2) is 92.5 Å². The first-order valence-electron chi connectivity index (χ1n) is 19.0. The fourth-order valence-electron chi connectivity index (χ4n) is 6.09. The zero-order valence-corrected chi connectivity index (χ0v) is 40.1. The number of benzene rings is 3. The predicted molar refractivity (Wildman–Crippen MR) is 232 cm³/mol. The molecule has 2 saturated heterocycles. The van der Waals surface area contributed by atoms with E-state index < -0.39 is 11.8 Å². The monoisotopic (exact) mass is 986 g/mol. The number of amides is 1. The first kappa shape index (κ1) is 50.3. The van der Waals surface area contributed by atoms with Gasteiger partial charge in [-0.05, 0) is 70.1 Å². The van der Waals surface area contributed by atoms with E-state index in [9.17, 15) is 9.59 Å². The summed E-state index contributed by atoms with van der Waals surface area (Å²) in [7, 11) is 0. The maximum absolute atomic E-state index is 11.6. The molecule has 8 rings (SSSR count). The van der Waals surface area contributed by atoms with E-state index in [0.29, 0.717) is 45.4 Å². The molecule has 0 aliphatic carbocycles. The Balaban J connectivity index is 0.000000259. The Kier molecular flexibility index (Phi) is 19.6. The van der Waals surface area contributed by atoms with Gasteiger partial charge in [-0.2, -0.15) is 0 Å². The van der Waals surface area contributed by atoms with Crippen LogP contribution in [0.2, 0.25) is 10.0 Å². The van der Waals surface area contributed by atoms with E-state index in [0.717, 1.165) is 47.1 Å². The fraction of sp³-hybridized carbons (Fsp3) is 0.233. The van der Waals surface area contributed by atoms with Gasteiger partial charge in [-0.3, -0.25) is 15.2 Å². The Morgan fingerprint density at radius 2 is 1.51 bits per heavy atom. The van der Waals surface area contributed by atoms with Crippen molar-refractivity contribution in [2.24, 2.45) is 0 Å². The Labute approximate surface area is 398 Å². The van der Waals surface area contributed by atoms with Crippen LogP contribution in [-0.2, 0) is 71.3 Å². The molecule has 2 unspecified atom stereocenters. The number of phenols is 1. The third-order valence-electron chi connectivity index (χ3n) is 9.25. The summed E-state index contributed by atoms with van der Waals surface area (Å²) in [4.78, 5) is 30.1. The molecule has 2 atom stereocenters. The number of aromatic carboxylic acids is 1. The van der Waals surface area contributed by atoms with Crippen molar-refractivity contribution >= 4 is 66.0 Å². The number of halogens is 2. The van der Waals surface area contributed by atoms with Crippen molar-refractivity contribution in [1.29, 1.82) is 0 Å². The molecular weight excluding hydrogens is 945 g/mol. The molecule has 5 heterocycles. The van der Waals surface area contributed by atoms with Gasteiger partial charge in [0.15, 0.2) is 0 Å². The summed E-state index contributed by atoms with van der Waals surface area (Å²) in [5.74, 6) is -1.51. The van der Waals surface area contributed by atoms with Gasteiger partial charge in [0.1, 0.15) is 39.8 Å². The number of imidazole rings is 1. The summed E-state index contributed by atoms with van der Waals surface area (Å²) < 4.78 is 22.4. The molecule has 1 amide bonds. The average molecular weight is 989 g/mol. The minimum absolute atomic E-state index is 0. The molecule has 20 heteroatoms. The van der Waals surface area contributed by atoms with E-state index in [1.165, 1.54) is 24.5 Å². The number of ether oxygens (including phenoxy) is 3. The number of carboxylic acids is 1. The number of pyridine rings is 2. The number of carboxylic acid groups (broad SMARTS) is 1. The van der Waals surface area contributed by atoms with Crippen molar-refractivity contribution in [1.82, 2.24) is 14.5 Å². The summed E-state index contributed by atoms with van der Waals surface area (Å²) >= 11 is 22.0. The minimum Gasteiger partial charge on any atom is -0.705 e. The van der Waals surface area contributed by atoms with Crippen molar-refractivity contribution in [3.63, 3.8) is 0 Å². The van der Waals surface area contributed by atoms with E-state index >= 15 is 0 Å². The van der Waals surface area contributed by atoms with Crippen molar-refractivity contribution < 1.29 is 73.4 Å². The molecule has 2 aliphatic rings. The van der Waals surface area contributed by atoms with E-state index in [1.54, 1.807) is 80.1 Å². The third-order valence-corrected chi connectivity index (χ3v) is 10.4. The van der Waals surface area contributed by atoms with Crippen LogP contribution < -0.4 is 19.1 Å². The number of nitrogens with zero attached hydrogens (tertiary/aromatic N) is 6.